The van der Waals surface area contributed by atoms with E-state index in [2.05, 4.69) is 15.5 Å². The van der Waals surface area contributed by atoms with Crippen LogP contribution < -0.4 is 0 Å². The highest BCUT2D eigenvalue weighted by Crippen LogP contribution is 1.93. The van der Waals surface area contributed by atoms with Gasteiger partial charge in [0.2, 0.25) is 0 Å². The second-order valence-corrected chi connectivity index (χ2v) is 2.38. The maximum absolute atomic E-state index is 10.4. The number of hydrogen-bond acceptors (Lipinski definition) is 5. The molecule has 13 heavy (non-hydrogen) atoms. The van der Waals surface area contributed by atoms with E-state index in [4.69, 9.17) is 9.84 Å². The summed E-state index contributed by atoms with van der Waals surface area (Å²) in [7, 11) is 1.56. The van der Waals surface area contributed by atoms with Gasteiger partial charge in [0.05, 0.1) is 13.2 Å². The van der Waals surface area contributed by atoms with Crippen LogP contribution in [0.2, 0.25) is 0 Å². The average Bonchev–Trinajstić information content (AvgIpc) is 2.48. The van der Waals surface area contributed by atoms with E-state index < -0.39 is 5.97 Å². The van der Waals surface area contributed by atoms with Crippen LogP contribution in [-0.2, 0) is 22.5 Å². The van der Waals surface area contributed by atoms with E-state index in [1.165, 1.54) is 4.68 Å². The molecule has 0 radical (unpaired) electrons. The summed E-state index contributed by atoms with van der Waals surface area (Å²) in [5.74, 6) is -0.613. The van der Waals surface area contributed by atoms with Gasteiger partial charge in [-0.15, -0.1) is 5.10 Å². The van der Waals surface area contributed by atoms with Crippen LogP contribution in [0.4, 0.5) is 0 Å². The highest BCUT2D eigenvalue weighted by molar-refractivity contribution is 5.68. The van der Waals surface area contributed by atoms with Gasteiger partial charge in [-0.3, -0.25) is 4.79 Å². The summed E-state index contributed by atoms with van der Waals surface area (Å²) < 4.78 is 6.23. The molecule has 0 atom stereocenters. The van der Waals surface area contributed by atoms with Crippen molar-refractivity contribution >= 4 is 5.97 Å². The standard InChI is InChI=1S/C6H10N4O3/c1-13-3-2-10-5(4-6(11)12)7-8-9-10/h2-4H2,1H3,(H,11,12). The number of carboxylic acids is 1. The maximum Gasteiger partial charge on any atom is 0.311 e. The summed E-state index contributed by atoms with van der Waals surface area (Å²) >= 11 is 0. The van der Waals surface area contributed by atoms with Crippen LogP contribution in [0.3, 0.4) is 0 Å². The number of carboxylic acid groups (broad SMARTS) is 1. The first-order valence-electron chi connectivity index (χ1n) is 3.70. The number of tetrazole rings is 1. The summed E-state index contributed by atoms with van der Waals surface area (Å²) in [6.45, 7) is 0.920. The van der Waals surface area contributed by atoms with E-state index in [9.17, 15) is 4.79 Å². The highest BCUT2D eigenvalue weighted by Gasteiger charge is 2.09. The fourth-order valence-corrected chi connectivity index (χ4v) is 0.837. The lowest BCUT2D eigenvalue weighted by atomic mass is 10.4. The number of hydrogen-bond donors (Lipinski definition) is 1. The minimum absolute atomic E-state index is 0.170. The minimum Gasteiger partial charge on any atom is -0.481 e. The number of aromatic nitrogens is 4. The van der Waals surface area contributed by atoms with Crippen molar-refractivity contribution in [3.8, 4) is 0 Å². The third-order valence-electron chi connectivity index (χ3n) is 1.42. The molecular weight excluding hydrogens is 176 g/mol. The first kappa shape index (κ1) is 9.59. The number of nitrogens with zero attached hydrogens (tertiary/aromatic N) is 4. The smallest absolute Gasteiger partial charge is 0.311 e. The van der Waals surface area contributed by atoms with Crippen molar-refractivity contribution in [2.45, 2.75) is 13.0 Å². The normalized spacial score (nSPS) is 10.2. The van der Waals surface area contributed by atoms with Gasteiger partial charge in [-0.25, -0.2) is 4.68 Å². The Bertz CT molecular complexity index is 285. The molecule has 0 aliphatic heterocycles. The van der Waals surface area contributed by atoms with Gasteiger partial charge in [0.1, 0.15) is 6.42 Å². The Morgan fingerprint density at radius 2 is 2.46 bits per heavy atom. The van der Waals surface area contributed by atoms with Gasteiger partial charge in [-0.05, 0) is 10.4 Å². The van der Waals surface area contributed by atoms with E-state index in [0.29, 0.717) is 19.0 Å². The Morgan fingerprint density at radius 3 is 3.08 bits per heavy atom. The lowest BCUT2D eigenvalue weighted by Gasteiger charge is -2.00. The Labute approximate surface area is 74.3 Å². The molecule has 0 aliphatic carbocycles. The molecule has 1 heterocycles. The fourth-order valence-electron chi connectivity index (χ4n) is 0.837. The van der Waals surface area contributed by atoms with Crippen molar-refractivity contribution < 1.29 is 14.6 Å². The van der Waals surface area contributed by atoms with E-state index in [-0.39, 0.29) is 6.42 Å². The van der Waals surface area contributed by atoms with Gasteiger partial charge in [0.15, 0.2) is 5.82 Å². The van der Waals surface area contributed by atoms with Crippen LogP contribution in [0.5, 0.6) is 0 Å². The summed E-state index contributed by atoms with van der Waals surface area (Å²) in [4.78, 5) is 10.4. The molecule has 1 aromatic rings. The van der Waals surface area contributed by atoms with Crippen molar-refractivity contribution in [1.82, 2.24) is 20.2 Å². The van der Waals surface area contributed by atoms with Gasteiger partial charge >= 0.3 is 5.97 Å². The van der Waals surface area contributed by atoms with Crippen LogP contribution in [0.1, 0.15) is 5.82 Å². The number of ether oxygens (including phenoxy) is 1. The van der Waals surface area contributed by atoms with Crippen molar-refractivity contribution in [3.63, 3.8) is 0 Å². The molecule has 72 valence electrons. The van der Waals surface area contributed by atoms with Crippen LogP contribution in [0.15, 0.2) is 0 Å². The molecule has 0 bridgehead atoms. The fraction of sp³-hybridized carbons (Fsp3) is 0.667. The monoisotopic (exact) mass is 186 g/mol. The van der Waals surface area contributed by atoms with E-state index in [1.54, 1.807) is 7.11 Å². The Kier molecular flexibility index (Phi) is 3.32. The molecule has 0 fully saturated rings. The minimum atomic E-state index is -0.950. The molecule has 1 rings (SSSR count). The third kappa shape index (κ3) is 2.79. The number of aliphatic carboxylic acids is 1. The molecule has 7 heteroatoms. The van der Waals surface area contributed by atoms with E-state index >= 15 is 0 Å². The van der Waals surface area contributed by atoms with Crippen LogP contribution in [0, 0.1) is 0 Å². The molecule has 1 aromatic heterocycles. The summed E-state index contributed by atoms with van der Waals surface area (Å²) in [6.07, 6.45) is -0.170. The average molecular weight is 186 g/mol. The molecular formula is C6H10N4O3. The predicted molar refractivity (Wildman–Crippen MR) is 41.0 cm³/mol. The molecule has 1 N–H and O–H groups in total. The first-order valence-corrected chi connectivity index (χ1v) is 3.70. The zero-order chi connectivity index (χ0) is 9.68. The zero-order valence-corrected chi connectivity index (χ0v) is 7.17. The molecule has 0 aromatic carbocycles. The number of methoxy groups -OCH3 is 1. The summed E-state index contributed by atoms with van der Waals surface area (Å²) in [5.41, 5.74) is 0. The van der Waals surface area contributed by atoms with Crippen LogP contribution >= 0.6 is 0 Å². The molecule has 0 unspecified atom stereocenters. The number of carbonyl (C=O) groups is 1. The summed E-state index contributed by atoms with van der Waals surface area (Å²) in [5, 5.41) is 19.1. The Morgan fingerprint density at radius 1 is 1.69 bits per heavy atom. The summed E-state index contributed by atoms with van der Waals surface area (Å²) in [6, 6.07) is 0. The van der Waals surface area contributed by atoms with Gasteiger partial charge in [-0.2, -0.15) is 0 Å². The maximum atomic E-state index is 10.4. The lowest BCUT2D eigenvalue weighted by molar-refractivity contribution is -0.136. The van der Waals surface area contributed by atoms with Gasteiger partial charge in [0, 0.05) is 7.11 Å². The van der Waals surface area contributed by atoms with Crippen molar-refractivity contribution in [3.05, 3.63) is 5.82 Å². The number of rotatable bonds is 5. The second kappa shape index (κ2) is 4.51. The van der Waals surface area contributed by atoms with E-state index in [1.807, 2.05) is 0 Å². The molecule has 0 aliphatic rings. The molecule has 0 spiro atoms. The third-order valence-corrected chi connectivity index (χ3v) is 1.42. The lowest BCUT2D eigenvalue weighted by Crippen LogP contribution is -2.13. The Balaban J connectivity index is 2.60. The topological polar surface area (TPSA) is 90.1 Å². The van der Waals surface area contributed by atoms with Crippen LogP contribution in [-0.4, -0.2) is 45.0 Å². The zero-order valence-electron chi connectivity index (χ0n) is 7.17. The SMILES string of the molecule is COCCn1nnnc1CC(=O)O. The van der Waals surface area contributed by atoms with Crippen molar-refractivity contribution in [2.24, 2.45) is 0 Å². The molecule has 0 saturated heterocycles. The first-order chi connectivity index (χ1) is 6.24. The largest absolute Gasteiger partial charge is 0.481 e. The molecule has 0 amide bonds. The van der Waals surface area contributed by atoms with Gasteiger partial charge < -0.3 is 9.84 Å². The van der Waals surface area contributed by atoms with Crippen molar-refractivity contribution in [1.29, 1.82) is 0 Å². The predicted octanol–water partition coefficient (Wildman–Crippen LogP) is -1.05. The van der Waals surface area contributed by atoms with Gasteiger partial charge in [0.25, 0.3) is 0 Å². The Hall–Kier alpha value is -1.50. The van der Waals surface area contributed by atoms with E-state index in [0.717, 1.165) is 0 Å². The second-order valence-electron chi connectivity index (χ2n) is 2.38. The molecule has 7 nitrogen and oxygen atoms in total. The quantitative estimate of drug-likeness (QED) is 0.630. The van der Waals surface area contributed by atoms with Gasteiger partial charge in [-0.1, -0.05) is 0 Å². The highest BCUT2D eigenvalue weighted by atomic mass is 16.5. The molecule has 0 saturated carbocycles. The van der Waals surface area contributed by atoms with Crippen molar-refractivity contribution in [2.75, 3.05) is 13.7 Å². The van der Waals surface area contributed by atoms with Crippen LogP contribution in [0.25, 0.3) is 0 Å².